The molecule has 0 unspecified atom stereocenters. The first-order valence-corrected chi connectivity index (χ1v) is 6.53. The van der Waals surface area contributed by atoms with Gasteiger partial charge in [0.15, 0.2) is 5.16 Å². The Morgan fingerprint density at radius 1 is 1.76 bits per heavy atom. The highest BCUT2D eigenvalue weighted by atomic mass is 32.2. The standard InChI is InChI=1S/C10H15N3O3S/c1-17-10-12-8(15)2-3-13(10)9-4-6(11)7(5-14)16-9/h2-3,6-7,9,14H,4-5,11H2,1H3/t6-,7+,9+/m0/s1. The molecule has 0 saturated carbocycles. The third kappa shape index (κ3) is 2.52. The van der Waals surface area contributed by atoms with Crippen molar-refractivity contribution in [3.05, 3.63) is 22.6 Å². The molecule has 0 amide bonds. The molecule has 17 heavy (non-hydrogen) atoms. The lowest BCUT2D eigenvalue weighted by atomic mass is 10.1. The molecule has 0 aliphatic carbocycles. The van der Waals surface area contributed by atoms with Crippen LogP contribution in [0, 0.1) is 0 Å². The monoisotopic (exact) mass is 257 g/mol. The van der Waals surface area contributed by atoms with Gasteiger partial charge in [-0.3, -0.25) is 4.79 Å². The second-order valence-corrected chi connectivity index (χ2v) is 4.64. The van der Waals surface area contributed by atoms with Crippen LogP contribution in [0.25, 0.3) is 0 Å². The van der Waals surface area contributed by atoms with Crippen molar-refractivity contribution in [3.8, 4) is 0 Å². The van der Waals surface area contributed by atoms with Crippen molar-refractivity contribution in [1.29, 1.82) is 0 Å². The Bertz CT molecular complexity index is 451. The van der Waals surface area contributed by atoms with Crippen molar-refractivity contribution in [2.75, 3.05) is 12.9 Å². The molecule has 94 valence electrons. The first-order chi connectivity index (χ1) is 8.15. The summed E-state index contributed by atoms with van der Waals surface area (Å²) in [6.45, 7) is -0.0973. The number of nitrogens with two attached hydrogens (primary N) is 1. The van der Waals surface area contributed by atoms with Gasteiger partial charge < -0.3 is 20.1 Å². The second-order valence-electron chi connectivity index (χ2n) is 3.87. The summed E-state index contributed by atoms with van der Waals surface area (Å²) in [6, 6.07) is 1.19. The lowest BCUT2D eigenvalue weighted by molar-refractivity contribution is -0.0296. The molecule has 2 heterocycles. The number of hydrogen-bond acceptors (Lipinski definition) is 6. The Labute approximate surface area is 103 Å². The van der Waals surface area contributed by atoms with Crippen LogP contribution in [0.5, 0.6) is 0 Å². The summed E-state index contributed by atoms with van der Waals surface area (Å²) in [5.41, 5.74) is 5.58. The van der Waals surface area contributed by atoms with Gasteiger partial charge in [-0.25, -0.2) is 0 Å². The summed E-state index contributed by atoms with van der Waals surface area (Å²) in [6.07, 6.45) is 3.48. The van der Waals surface area contributed by atoms with Gasteiger partial charge >= 0.3 is 0 Å². The summed E-state index contributed by atoms with van der Waals surface area (Å²) in [5.74, 6) is 0. The molecule has 1 aromatic rings. The molecule has 1 aliphatic heterocycles. The molecule has 3 atom stereocenters. The van der Waals surface area contributed by atoms with Gasteiger partial charge in [0.2, 0.25) is 0 Å². The fourth-order valence-electron chi connectivity index (χ4n) is 1.87. The summed E-state index contributed by atoms with van der Waals surface area (Å²) in [7, 11) is 0. The van der Waals surface area contributed by atoms with E-state index in [0.29, 0.717) is 11.6 Å². The fourth-order valence-corrected chi connectivity index (χ4v) is 2.44. The van der Waals surface area contributed by atoms with E-state index in [1.165, 1.54) is 17.8 Å². The van der Waals surface area contributed by atoms with Crippen LogP contribution < -0.4 is 11.3 Å². The van der Waals surface area contributed by atoms with Crippen molar-refractivity contribution >= 4 is 11.8 Å². The zero-order valence-electron chi connectivity index (χ0n) is 9.44. The maximum absolute atomic E-state index is 11.2. The normalized spacial score (nSPS) is 28.5. The number of aliphatic hydroxyl groups excluding tert-OH is 1. The van der Waals surface area contributed by atoms with Crippen LogP contribution in [-0.2, 0) is 4.74 Å². The fraction of sp³-hybridized carbons (Fsp3) is 0.600. The molecule has 3 N–H and O–H groups in total. The molecule has 0 bridgehead atoms. The number of rotatable bonds is 3. The van der Waals surface area contributed by atoms with Gasteiger partial charge in [0.1, 0.15) is 6.23 Å². The average molecular weight is 257 g/mol. The lowest BCUT2D eigenvalue weighted by Gasteiger charge is -2.17. The zero-order chi connectivity index (χ0) is 12.4. The molecule has 6 nitrogen and oxygen atoms in total. The average Bonchev–Trinajstić information content (AvgIpc) is 2.70. The van der Waals surface area contributed by atoms with E-state index in [2.05, 4.69) is 4.98 Å². The highest BCUT2D eigenvalue weighted by Crippen LogP contribution is 2.29. The Balaban J connectivity index is 2.26. The predicted molar refractivity (Wildman–Crippen MR) is 63.9 cm³/mol. The molecule has 0 spiro atoms. The van der Waals surface area contributed by atoms with E-state index in [-0.39, 0.29) is 30.5 Å². The molecule has 1 aromatic heterocycles. The first kappa shape index (κ1) is 12.6. The topological polar surface area (TPSA) is 90.4 Å². The molecule has 1 fully saturated rings. The number of thioether (sulfide) groups is 1. The highest BCUT2D eigenvalue weighted by Gasteiger charge is 2.33. The third-order valence-electron chi connectivity index (χ3n) is 2.76. The van der Waals surface area contributed by atoms with E-state index in [9.17, 15) is 4.79 Å². The lowest BCUT2D eigenvalue weighted by Crippen LogP contribution is -2.32. The van der Waals surface area contributed by atoms with Crippen LogP contribution in [0.2, 0.25) is 0 Å². The molecule has 1 saturated heterocycles. The van der Waals surface area contributed by atoms with Crippen molar-refractivity contribution in [2.45, 2.75) is 30.0 Å². The molecular weight excluding hydrogens is 242 g/mol. The van der Waals surface area contributed by atoms with E-state index < -0.39 is 0 Å². The minimum atomic E-state index is -0.353. The smallest absolute Gasteiger partial charge is 0.273 e. The maximum atomic E-state index is 11.2. The molecule has 1 aliphatic rings. The number of hydrogen-bond donors (Lipinski definition) is 2. The van der Waals surface area contributed by atoms with E-state index in [4.69, 9.17) is 15.6 Å². The van der Waals surface area contributed by atoms with Crippen molar-refractivity contribution < 1.29 is 9.84 Å². The van der Waals surface area contributed by atoms with Crippen LogP contribution in [0.4, 0.5) is 0 Å². The van der Waals surface area contributed by atoms with Gasteiger partial charge in [-0.2, -0.15) is 4.98 Å². The van der Waals surface area contributed by atoms with Gasteiger partial charge in [-0.1, -0.05) is 11.8 Å². The van der Waals surface area contributed by atoms with Gasteiger partial charge in [-0.15, -0.1) is 0 Å². The highest BCUT2D eigenvalue weighted by molar-refractivity contribution is 7.98. The molecule has 7 heteroatoms. The van der Waals surface area contributed by atoms with Crippen molar-refractivity contribution in [1.82, 2.24) is 9.55 Å². The zero-order valence-corrected chi connectivity index (χ0v) is 10.3. The van der Waals surface area contributed by atoms with Crippen molar-refractivity contribution in [3.63, 3.8) is 0 Å². The summed E-state index contributed by atoms with van der Waals surface area (Å²) in [5, 5.41) is 9.68. The largest absolute Gasteiger partial charge is 0.394 e. The van der Waals surface area contributed by atoms with E-state index in [1.54, 1.807) is 10.8 Å². The number of ether oxygens (including phenoxy) is 1. The summed E-state index contributed by atoms with van der Waals surface area (Å²) >= 11 is 1.38. The minimum Gasteiger partial charge on any atom is -0.394 e. The molecule has 0 radical (unpaired) electrons. The van der Waals surface area contributed by atoms with Gasteiger partial charge in [0.05, 0.1) is 12.7 Å². The predicted octanol–water partition coefficient (Wildman–Crippen LogP) is -0.428. The quantitative estimate of drug-likeness (QED) is 0.564. The Morgan fingerprint density at radius 2 is 2.53 bits per heavy atom. The molecular formula is C10H15N3O3S. The van der Waals surface area contributed by atoms with Crippen molar-refractivity contribution in [2.24, 2.45) is 5.73 Å². The Hall–Kier alpha value is -0.890. The van der Waals surface area contributed by atoms with E-state index in [0.717, 1.165) is 0 Å². The van der Waals surface area contributed by atoms with E-state index >= 15 is 0 Å². The summed E-state index contributed by atoms with van der Waals surface area (Å²) < 4.78 is 7.40. The van der Waals surface area contributed by atoms with Gasteiger partial charge in [0, 0.05) is 24.7 Å². The van der Waals surface area contributed by atoms with Gasteiger partial charge in [-0.05, 0) is 6.26 Å². The van der Waals surface area contributed by atoms with Crippen LogP contribution in [-0.4, -0.2) is 39.7 Å². The number of aliphatic hydroxyl groups is 1. The third-order valence-corrected chi connectivity index (χ3v) is 3.43. The van der Waals surface area contributed by atoms with Crippen LogP contribution in [0.1, 0.15) is 12.6 Å². The maximum Gasteiger partial charge on any atom is 0.273 e. The number of nitrogens with zero attached hydrogens (tertiary/aromatic N) is 2. The van der Waals surface area contributed by atoms with Crippen LogP contribution >= 0.6 is 11.8 Å². The Morgan fingerprint density at radius 3 is 3.12 bits per heavy atom. The SMILES string of the molecule is CSc1nc(=O)ccn1[C@H]1C[C@H](N)[C@@H](CO)O1. The van der Waals surface area contributed by atoms with Crippen LogP contribution in [0.15, 0.2) is 22.2 Å². The first-order valence-electron chi connectivity index (χ1n) is 5.30. The summed E-state index contributed by atoms with van der Waals surface area (Å²) in [4.78, 5) is 15.1. The van der Waals surface area contributed by atoms with Gasteiger partial charge in [0.25, 0.3) is 5.56 Å². The molecule has 2 rings (SSSR count). The van der Waals surface area contributed by atoms with Crippen LogP contribution in [0.3, 0.4) is 0 Å². The van der Waals surface area contributed by atoms with E-state index in [1.807, 2.05) is 6.26 Å². The minimum absolute atomic E-state index is 0.0973. The number of aromatic nitrogens is 2. The second kappa shape index (κ2) is 5.18. The Kier molecular flexibility index (Phi) is 3.82. The molecule has 0 aromatic carbocycles.